The summed E-state index contributed by atoms with van der Waals surface area (Å²) < 4.78 is 5.14. The van der Waals surface area contributed by atoms with Crippen molar-refractivity contribution in [2.24, 2.45) is 0 Å². The number of carbonyl (C=O) groups is 1. The average Bonchev–Trinajstić information content (AvgIpc) is 3.07. The Morgan fingerprint density at radius 3 is 2.13 bits per heavy atom. The quantitative estimate of drug-likeness (QED) is 0.880. The third-order valence-corrected chi connectivity index (χ3v) is 4.06. The van der Waals surface area contributed by atoms with E-state index in [1.54, 1.807) is 0 Å². The van der Waals surface area contributed by atoms with E-state index in [0.717, 1.165) is 0 Å². The Morgan fingerprint density at radius 1 is 1.04 bits per heavy atom. The smallest absolute Gasteiger partial charge is 0.323 e. The van der Waals surface area contributed by atoms with Gasteiger partial charge in [-0.05, 0) is 35.6 Å². The summed E-state index contributed by atoms with van der Waals surface area (Å²) in [5, 5.41) is 3.28. The molecule has 0 spiro atoms. The van der Waals surface area contributed by atoms with E-state index in [-0.39, 0.29) is 12.0 Å². The summed E-state index contributed by atoms with van der Waals surface area (Å²) in [4.78, 5) is 12.0. The molecular weight excluding hydrogens is 286 g/mol. The molecule has 1 saturated heterocycles. The molecular formula is C20H21NO2. The molecule has 118 valence electrons. The van der Waals surface area contributed by atoms with Crippen LogP contribution in [0.1, 0.15) is 24.5 Å². The highest BCUT2D eigenvalue weighted by molar-refractivity contribution is 5.85. The average molecular weight is 307 g/mol. The minimum absolute atomic E-state index is 0.164. The molecule has 1 N–H and O–H groups in total. The fraction of sp³-hybridized carbons (Fsp3) is 0.250. The summed E-state index contributed by atoms with van der Waals surface area (Å²) in [6.07, 6.45) is 0.692. The maximum Gasteiger partial charge on any atom is 0.323 e. The molecule has 3 heteroatoms. The van der Waals surface area contributed by atoms with Gasteiger partial charge < -0.3 is 10.1 Å². The highest BCUT2D eigenvalue weighted by Crippen LogP contribution is 2.31. The van der Waals surface area contributed by atoms with Gasteiger partial charge in [-0.15, -0.1) is 0 Å². The highest BCUT2D eigenvalue weighted by atomic mass is 16.5. The number of hydrogen-bond acceptors (Lipinski definition) is 3. The SMILES string of the molecule is CCOC(=O)C1CC(=C(c2ccccc2)c2ccccc2)CN1. The molecule has 2 aromatic carbocycles. The second-order valence-corrected chi connectivity index (χ2v) is 5.60. The lowest BCUT2D eigenvalue weighted by atomic mass is 9.92. The predicted octanol–water partition coefficient (Wildman–Crippen LogP) is 3.41. The van der Waals surface area contributed by atoms with E-state index in [1.807, 2.05) is 43.3 Å². The van der Waals surface area contributed by atoms with Gasteiger partial charge in [-0.25, -0.2) is 0 Å². The van der Waals surface area contributed by atoms with Crippen molar-refractivity contribution in [3.8, 4) is 0 Å². The number of esters is 1. The topological polar surface area (TPSA) is 38.3 Å². The first kappa shape index (κ1) is 15.5. The number of ether oxygens (including phenoxy) is 1. The van der Waals surface area contributed by atoms with Gasteiger partial charge in [0.15, 0.2) is 0 Å². The molecule has 1 heterocycles. The standard InChI is InChI=1S/C20H21NO2/c1-2-23-20(22)18-13-17(14-21-18)19(15-9-5-3-6-10-15)16-11-7-4-8-12-16/h3-12,18,21H,2,13-14H2,1H3. The van der Waals surface area contributed by atoms with Crippen molar-refractivity contribution in [3.05, 3.63) is 77.4 Å². The zero-order chi connectivity index (χ0) is 16.1. The Balaban J connectivity index is 1.98. The molecule has 1 atom stereocenters. The van der Waals surface area contributed by atoms with Gasteiger partial charge in [-0.3, -0.25) is 4.79 Å². The molecule has 0 radical (unpaired) electrons. The first-order valence-electron chi connectivity index (χ1n) is 8.02. The van der Waals surface area contributed by atoms with E-state index < -0.39 is 0 Å². The van der Waals surface area contributed by atoms with Gasteiger partial charge in [0.2, 0.25) is 0 Å². The van der Waals surface area contributed by atoms with Crippen molar-refractivity contribution in [2.75, 3.05) is 13.2 Å². The van der Waals surface area contributed by atoms with Crippen LogP contribution >= 0.6 is 0 Å². The largest absolute Gasteiger partial charge is 0.465 e. The Morgan fingerprint density at radius 2 is 1.61 bits per heavy atom. The summed E-state index contributed by atoms with van der Waals surface area (Å²) in [7, 11) is 0. The lowest BCUT2D eigenvalue weighted by Crippen LogP contribution is -2.32. The van der Waals surface area contributed by atoms with E-state index in [2.05, 4.69) is 29.6 Å². The molecule has 1 aliphatic heterocycles. The van der Waals surface area contributed by atoms with Crippen molar-refractivity contribution in [1.82, 2.24) is 5.32 Å². The van der Waals surface area contributed by atoms with Gasteiger partial charge in [-0.1, -0.05) is 60.7 Å². The van der Waals surface area contributed by atoms with E-state index >= 15 is 0 Å². The Hall–Kier alpha value is -2.39. The molecule has 1 aliphatic rings. The van der Waals surface area contributed by atoms with Crippen molar-refractivity contribution >= 4 is 11.5 Å². The number of hydrogen-bond donors (Lipinski definition) is 1. The highest BCUT2D eigenvalue weighted by Gasteiger charge is 2.28. The summed E-state index contributed by atoms with van der Waals surface area (Å²) >= 11 is 0. The molecule has 0 amide bonds. The molecule has 2 aromatic rings. The van der Waals surface area contributed by atoms with Crippen LogP contribution in [0.25, 0.3) is 5.57 Å². The number of rotatable bonds is 4. The molecule has 3 rings (SSSR count). The van der Waals surface area contributed by atoms with Crippen LogP contribution in [0.5, 0.6) is 0 Å². The normalized spacial score (nSPS) is 17.1. The van der Waals surface area contributed by atoms with Gasteiger partial charge >= 0.3 is 5.97 Å². The summed E-state index contributed by atoms with van der Waals surface area (Å²) in [6, 6.07) is 20.4. The third kappa shape index (κ3) is 3.51. The molecule has 0 aliphatic carbocycles. The van der Waals surface area contributed by atoms with E-state index in [0.29, 0.717) is 19.6 Å². The second-order valence-electron chi connectivity index (χ2n) is 5.60. The van der Waals surface area contributed by atoms with Gasteiger partial charge in [-0.2, -0.15) is 0 Å². The maximum atomic E-state index is 12.0. The first-order valence-corrected chi connectivity index (χ1v) is 8.02. The molecule has 3 nitrogen and oxygen atoms in total. The van der Waals surface area contributed by atoms with Crippen molar-refractivity contribution < 1.29 is 9.53 Å². The second kappa shape index (κ2) is 7.25. The molecule has 1 unspecified atom stereocenters. The van der Waals surface area contributed by atoms with Crippen LogP contribution in [0.4, 0.5) is 0 Å². The van der Waals surface area contributed by atoms with Crippen molar-refractivity contribution in [1.29, 1.82) is 0 Å². The zero-order valence-electron chi connectivity index (χ0n) is 13.3. The van der Waals surface area contributed by atoms with Gasteiger partial charge in [0.25, 0.3) is 0 Å². The zero-order valence-corrected chi connectivity index (χ0v) is 13.3. The van der Waals surface area contributed by atoms with Crippen LogP contribution in [0.3, 0.4) is 0 Å². The molecule has 0 aromatic heterocycles. The summed E-state index contributed by atoms with van der Waals surface area (Å²) in [5.41, 5.74) is 4.82. The molecule has 0 bridgehead atoms. The Bertz CT molecular complexity index is 651. The van der Waals surface area contributed by atoms with Gasteiger partial charge in [0.1, 0.15) is 6.04 Å². The van der Waals surface area contributed by atoms with E-state index in [9.17, 15) is 4.79 Å². The van der Waals surface area contributed by atoms with Crippen molar-refractivity contribution in [3.63, 3.8) is 0 Å². The first-order chi connectivity index (χ1) is 11.3. The maximum absolute atomic E-state index is 12.0. The van der Waals surface area contributed by atoms with Crippen LogP contribution < -0.4 is 5.32 Å². The lowest BCUT2D eigenvalue weighted by molar-refractivity contribution is -0.145. The number of nitrogens with one attached hydrogen (secondary N) is 1. The van der Waals surface area contributed by atoms with Crippen LogP contribution in [-0.4, -0.2) is 25.2 Å². The number of carbonyl (C=O) groups excluding carboxylic acids is 1. The van der Waals surface area contributed by atoms with Crippen LogP contribution in [0.15, 0.2) is 66.2 Å². The minimum Gasteiger partial charge on any atom is -0.465 e. The predicted molar refractivity (Wildman–Crippen MR) is 91.9 cm³/mol. The van der Waals surface area contributed by atoms with E-state index in [1.165, 1.54) is 22.3 Å². The van der Waals surface area contributed by atoms with Crippen LogP contribution in [0, 0.1) is 0 Å². The lowest BCUT2D eigenvalue weighted by Gasteiger charge is -2.12. The van der Waals surface area contributed by atoms with Gasteiger partial charge in [0.05, 0.1) is 6.61 Å². The molecule has 23 heavy (non-hydrogen) atoms. The van der Waals surface area contributed by atoms with Gasteiger partial charge in [0, 0.05) is 6.54 Å². The Kier molecular flexibility index (Phi) is 4.89. The van der Waals surface area contributed by atoms with Crippen LogP contribution in [0.2, 0.25) is 0 Å². The monoisotopic (exact) mass is 307 g/mol. The molecule has 0 saturated carbocycles. The fourth-order valence-electron chi connectivity index (χ4n) is 3.02. The van der Waals surface area contributed by atoms with Crippen molar-refractivity contribution in [2.45, 2.75) is 19.4 Å². The Labute approximate surface area is 137 Å². The van der Waals surface area contributed by atoms with E-state index in [4.69, 9.17) is 4.74 Å². The minimum atomic E-state index is -0.243. The van der Waals surface area contributed by atoms with Crippen LogP contribution in [-0.2, 0) is 9.53 Å². The third-order valence-electron chi connectivity index (χ3n) is 4.06. The molecule has 1 fully saturated rings. The fourth-order valence-corrected chi connectivity index (χ4v) is 3.02. The number of benzene rings is 2. The summed E-state index contributed by atoms with van der Waals surface area (Å²) in [6.45, 7) is 2.96. The summed E-state index contributed by atoms with van der Waals surface area (Å²) in [5.74, 6) is -0.164.